The average molecular weight is 283 g/mol. The Morgan fingerprint density at radius 1 is 1.24 bits per heavy atom. The van der Waals surface area contributed by atoms with Gasteiger partial charge in [0.25, 0.3) is 11.6 Å². The van der Waals surface area contributed by atoms with E-state index >= 15 is 0 Å². The standard InChI is InChI=1S/C15H13N3O3/c1-9-6-7-10(8-13(9)18(20)21)16-14-11-4-2-3-5-12(11)17-15(14)19/h2-8,14,16H,1H3,(H,17,19). The zero-order valence-electron chi connectivity index (χ0n) is 11.3. The number of rotatable bonds is 3. The molecule has 3 rings (SSSR count). The highest BCUT2D eigenvalue weighted by molar-refractivity contribution is 6.04. The highest BCUT2D eigenvalue weighted by atomic mass is 16.6. The molecule has 0 saturated heterocycles. The highest BCUT2D eigenvalue weighted by Crippen LogP contribution is 2.33. The molecule has 0 aliphatic carbocycles. The number of carbonyl (C=O) groups excluding carboxylic acids is 1. The Morgan fingerprint density at radius 3 is 2.76 bits per heavy atom. The summed E-state index contributed by atoms with van der Waals surface area (Å²) in [4.78, 5) is 22.6. The number of nitro benzene ring substituents is 1. The molecule has 2 aromatic carbocycles. The van der Waals surface area contributed by atoms with E-state index < -0.39 is 11.0 Å². The second-order valence-electron chi connectivity index (χ2n) is 4.91. The number of anilines is 2. The van der Waals surface area contributed by atoms with Gasteiger partial charge in [0.05, 0.1) is 4.92 Å². The molecule has 2 N–H and O–H groups in total. The van der Waals surface area contributed by atoms with Gasteiger partial charge in [-0.15, -0.1) is 0 Å². The minimum Gasteiger partial charge on any atom is -0.370 e. The van der Waals surface area contributed by atoms with Crippen molar-refractivity contribution in [2.75, 3.05) is 10.6 Å². The van der Waals surface area contributed by atoms with Crippen LogP contribution in [0.5, 0.6) is 0 Å². The van der Waals surface area contributed by atoms with Crippen LogP contribution in [0, 0.1) is 17.0 Å². The van der Waals surface area contributed by atoms with Gasteiger partial charge in [-0.1, -0.05) is 24.3 Å². The van der Waals surface area contributed by atoms with Crippen LogP contribution in [-0.4, -0.2) is 10.8 Å². The van der Waals surface area contributed by atoms with E-state index in [-0.39, 0.29) is 11.6 Å². The summed E-state index contributed by atoms with van der Waals surface area (Å²) in [6, 6.07) is 11.7. The zero-order valence-corrected chi connectivity index (χ0v) is 11.3. The lowest BCUT2D eigenvalue weighted by Gasteiger charge is -2.13. The minimum absolute atomic E-state index is 0.0340. The van der Waals surface area contributed by atoms with E-state index in [9.17, 15) is 14.9 Å². The molecule has 1 heterocycles. The van der Waals surface area contributed by atoms with E-state index in [1.54, 1.807) is 19.1 Å². The lowest BCUT2D eigenvalue weighted by Crippen LogP contribution is -2.19. The molecule has 1 aliphatic rings. The maximum atomic E-state index is 12.0. The predicted molar refractivity (Wildman–Crippen MR) is 79.3 cm³/mol. The fourth-order valence-corrected chi connectivity index (χ4v) is 2.41. The number of para-hydroxylation sites is 1. The number of hydrogen-bond acceptors (Lipinski definition) is 4. The van der Waals surface area contributed by atoms with Crippen LogP contribution in [0.15, 0.2) is 42.5 Å². The number of nitrogens with zero attached hydrogens (tertiary/aromatic N) is 1. The van der Waals surface area contributed by atoms with Crippen LogP contribution in [0.4, 0.5) is 17.1 Å². The summed E-state index contributed by atoms with van der Waals surface area (Å²) in [5.41, 5.74) is 2.77. The molecule has 1 aliphatic heterocycles. The molecule has 1 unspecified atom stereocenters. The maximum Gasteiger partial charge on any atom is 0.274 e. The Labute approximate surface area is 120 Å². The highest BCUT2D eigenvalue weighted by Gasteiger charge is 2.30. The van der Waals surface area contributed by atoms with Gasteiger partial charge in [-0.25, -0.2) is 0 Å². The smallest absolute Gasteiger partial charge is 0.274 e. The van der Waals surface area contributed by atoms with Crippen LogP contribution in [0.2, 0.25) is 0 Å². The fraction of sp³-hybridized carbons (Fsp3) is 0.133. The van der Waals surface area contributed by atoms with Gasteiger partial charge in [-0.2, -0.15) is 0 Å². The molecule has 0 bridgehead atoms. The first kappa shape index (κ1) is 13.1. The SMILES string of the molecule is Cc1ccc(NC2C(=O)Nc3ccccc32)cc1[N+](=O)[O-]. The number of benzene rings is 2. The summed E-state index contributed by atoms with van der Waals surface area (Å²) in [7, 11) is 0. The van der Waals surface area contributed by atoms with Crippen molar-refractivity contribution in [1.29, 1.82) is 0 Å². The molecule has 2 aromatic rings. The number of carbonyl (C=O) groups is 1. The van der Waals surface area contributed by atoms with E-state index in [2.05, 4.69) is 10.6 Å². The summed E-state index contributed by atoms with van der Waals surface area (Å²) in [5.74, 6) is -0.167. The van der Waals surface area contributed by atoms with Crippen molar-refractivity contribution in [2.45, 2.75) is 13.0 Å². The molecule has 21 heavy (non-hydrogen) atoms. The van der Waals surface area contributed by atoms with Gasteiger partial charge in [-0.3, -0.25) is 14.9 Å². The molecule has 0 fully saturated rings. The number of aryl methyl sites for hydroxylation is 1. The van der Waals surface area contributed by atoms with Crippen molar-refractivity contribution in [3.63, 3.8) is 0 Å². The molecule has 106 valence electrons. The second kappa shape index (κ2) is 4.90. The van der Waals surface area contributed by atoms with Gasteiger partial charge in [0.1, 0.15) is 6.04 Å². The van der Waals surface area contributed by atoms with Gasteiger partial charge >= 0.3 is 0 Å². The summed E-state index contributed by atoms with van der Waals surface area (Å²) in [5, 5.41) is 16.8. The van der Waals surface area contributed by atoms with E-state index in [1.807, 2.05) is 24.3 Å². The molecule has 0 saturated carbocycles. The largest absolute Gasteiger partial charge is 0.370 e. The van der Waals surface area contributed by atoms with E-state index in [0.717, 1.165) is 11.3 Å². The van der Waals surface area contributed by atoms with Crippen molar-refractivity contribution >= 4 is 23.0 Å². The Kier molecular flexibility index (Phi) is 3.06. The number of fused-ring (bicyclic) bond motifs is 1. The topological polar surface area (TPSA) is 84.3 Å². The summed E-state index contributed by atoms with van der Waals surface area (Å²) < 4.78 is 0. The van der Waals surface area contributed by atoms with E-state index in [1.165, 1.54) is 6.07 Å². The summed E-state index contributed by atoms with van der Waals surface area (Å²) in [6.45, 7) is 1.68. The fourth-order valence-electron chi connectivity index (χ4n) is 2.41. The maximum absolute atomic E-state index is 12.0. The molecule has 6 nitrogen and oxygen atoms in total. The van der Waals surface area contributed by atoms with Crippen LogP contribution in [0.3, 0.4) is 0 Å². The van der Waals surface area contributed by atoms with Gasteiger partial charge in [0.2, 0.25) is 0 Å². The normalized spacial score (nSPS) is 16.2. The van der Waals surface area contributed by atoms with Crippen molar-refractivity contribution in [2.24, 2.45) is 0 Å². The third kappa shape index (κ3) is 2.31. The number of amides is 1. The third-order valence-electron chi connectivity index (χ3n) is 3.51. The lowest BCUT2D eigenvalue weighted by atomic mass is 10.1. The Balaban J connectivity index is 1.92. The second-order valence-corrected chi connectivity index (χ2v) is 4.91. The van der Waals surface area contributed by atoms with E-state index in [4.69, 9.17) is 0 Å². The molecular formula is C15H13N3O3. The summed E-state index contributed by atoms with van der Waals surface area (Å²) >= 11 is 0. The van der Waals surface area contributed by atoms with Crippen molar-refractivity contribution < 1.29 is 9.72 Å². The summed E-state index contributed by atoms with van der Waals surface area (Å²) in [6.07, 6.45) is 0. The average Bonchev–Trinajstić information content (AvgIpc) is 2.77. The van der Waals surface area contributed by atoms with Crippen LogP contribution in [-0.2, 0) is 4.79 Å². The van der Waals surface area contributed by atoms with Crippen molar-refractivity contribution in [3.05, 3.63) is 63.7 Å². The monoisotopic (exact) mass is 283 g/mol. The van der Waals surface area contributed by atoms with Crippen molar-refractivity contribution in [1.82, 2.24) is 0 Å². The molecule has 6 heteroatoms. The molecular weight excluding hydrogens is 270 g/mol. The Morgan fingerprint density at radius 2 is 2.00 bits per heavy atom. The first-order chi connectivity index (χ1) is 10.1. The number of hydrogen-bond donors (Lipinski definition) is 2. The molecule has 0 spiro atoms. The number of nitro groups is 1. The van der Waals surface area contributed by atoms with Crippen LogP contribution in [0.25, 0.3) is 0 Å². The van der Waals surface area contributed by atoms with Gasteiger partial charge < -0.3 is 10.6 Å². The minimum atomic E-state index is -0.538. The van der Waals surface area contributed by atoms with Crippen molar-refractivity contribution in [3.8, 4) is 0 Å². The predicted octanol–water partition coefficient (Wildman–Crippen LogP) is 3.01. The first-order valence-electron chi connectivity index (χ1n) is 6.47. The van der Waals surface area contributed by atoms with Crippen LogP contribution in [0.1, 0.15) is 17.2 Å². The third-order valence-corrected chi connectivity index (χ3v) is 3.51. The van der Waals surface area contributed by atoms with Gasteiger partial charge in [0, 0.05) is 28.6 Å². The Bertz CT molecular complexity index is 743. The van der Waals surface area contributed by atoms with Crippen LogP contribution < -0.4 is 10.6 Å². The van der Waals surface area contributed by atoms with E-state index in [0.29, 0.717) is 11.3 Å². The molecule has 1 atom stereocenters. The molecule has 0 aromatic heterocycles. The zero-order chi connectivity index (χ0) is 15.0. The first-order valence-corrected chi connectivity index (χ1v) is 6.47. The lowest BCUT2D eigenvalue weighted by molar-refractivity contribution is -0.385. The van der Waals surface area contributed by atoms with Gasteiger partial charge in [-0.05, 0) is 19.1 Å². The van der Waals surface area contributed by atoms with Crippen LogP contribution >= 0.6 is 0 Å². The van der Waals surface area contributed by atoms with Gasteiger partial charge in [0.15, 0.2) is 0 Å². The molecule has 0 radical (unpaired) electrons. The Hall–Kier alpha value is -2.89. The quantitative estimate of drug-likeness (QED) is 0.670. The number of nitrogens with one attached hydrogen (secondary N) is 2. The molecule has 1 amide bonds.